The van der Waals surface area contributed by atoms with Gasteiger partial charge in [0.15, 0.2) is 0 Å². The summed E-state index contributed by atoms with van der Waals surface area (Å²) in [6, 6.07) is 4.23. The SMILES string of the molecule is CC(C)[C@@H](NC(=O)CNC(=O)c1ccccc1OC(F)F)C(=O)O. The van der Waals surface area contributed by atoms with Crippen molar-refractivity contribution in [3.8, 4) is 5.75 Å². The van der Waals surface area contributed by atoms with Gasteiger partial charge < -0.3 is 20.5 Å². The molecular formula is C15H18F2N2O5. The molecule has 2 amide bonds. The Kier molecular flexibility index (Phi) is 7.09. The van der Waals surface area contributed by atoms with Crippen LogP contribution in [0.1, 0.15) is 24.2 Å². The molecule has 3 N–H and O–H groups in total. The fourth-order valence-corrected chi connectivity index (χ4v) is 1.85. The minimum atomic E-state index is -3.09. The molecule has 0 aliphatic carbocycles. The van der Waals surface area contributed by atoms with Gasteiger partial charge in [0.2, 0.25) is 5.91 Å². The molecule has 0 aliphatic rings. The van der Waals surface area contributed by atoms with Crippen LogP contribution < -0.4 is 15.4 Å². The number of carboxylic acid groups (broad SMARTS) is 1. The van der Waals surface area contributed by atoms with Crippen molar-refractivity contribution in [2.45, 2.75) is 26.5 Å². The average Bonchev–Trinajstić information content (AvgIpc) is 2.49. The Morgan fingerprint density at radius 1 is 1.21 bits per heavy atom. The van der Waals surface area contributed by atoms with Crippen molar-refractivity contribution in [1.29, 1.82) is 0 Å². The van der Waals surface area contributed by atoms with Crippen LogP contribution in [0.3, 0.4) is 0 Å². The Labute approximate surface area is 137 Å². The maximum atomic E-state index is 12.3. The van der Waals surface area contributed by atoms with E-state index >= 15 is 0 Å². The summed E-state index contributed by atoms with van der Waals surface area (Å²) in [6.07, 6.45) is 0. The molecule has 9 heteroatoms. The maximum absolute atomic E-state index is 12.3. The molecule has 1 aromatic carbocycles. The third-order valence-electron chi connectivity index (χ3n) is 3.01. The summed E-state index contributed by atoms with van der Waals surface area (Å²) in [4.78, 5) is 34.7. The predicted octanol–water partition coefficient (Wildman–Crippen LogP) is 1.24. The number of rotatable bonds is 8. The van der Waals surface area contributed by atoms with Crippen LogP contribution in [0.4, 0.5) is 8.78 Å². The van der Waals surface area contributed by atoms with Gasteiger partial charge in [-0.05, 0) is 18.1 Å². The first-order valence-electron chi connectivity index (χ1n) is 7.06. The molecule has 7 nitrogen and oxygen atoms in total. The van der Waals surface area contributed by atoms with E-state index in [1.54, 1.807) is 13.8 Å². The third kappa shape index (κ3) is 5.82. The van der Waals surface area contributed by atoms with Gasteiger partial charge in [-0.1, -0.05) is 26.0 Å². The highest BCUT2D eigenvalue weighted by atomic mass is 19.3. The van der Waals surface area contributed by atoms with E-state index in [0.717, 1.165) is 0 Å². The molecule has 1 atom stereocenters. The zero-order valence-corrected chi connectivity index (χ0v) is 13.1. The second-order valence-electron chi connectivity index (χ2n) is 5.18. The van der Waals surface area contributed by atoms with Crippen molar-refractivity contribution in [2.75, 3.05) is 6.54 Å². The number of nitrogens with one attached hydrogen (secondary N) is 2. The first-order chi connectivity index (χ1) is 11.2. The van der Waals surface area contributed by atoms with Crippen LogP contribution in [-0.2, 0) is 9.59 Å². The van der Waals surface area contributed by atoms with Crippen molar-refractivity contribution >= 4 is 17.8 Å². The predicted molar refractivity (Wildman–Crippen MR) is 79.8 cm³/mol. The highest BCUT2D eigenvalue weighted by molar-refractivity contribution is 5.99. The number of amides is 2. The lowest BCUT2D eigenvalue weighted by Gasteiger charge is -2.18. The molecule has 0 saturated carbocycles. The summed E-state index contributed by atoms with van der Waals surface area (Å²) in [7, 11) is 0. The lowest BCUT2D eigenvalue weighted by Crippen LogP contribution is -2.48. The first-order valence-corrected chi connectivity index (χ1v) is 7.06. The van der Waals surface area contributed by atoms with Crippen LogP contribution in [0.2, 0.25) is 0 Å². The van der Waals surface area contributed by atoms with Crippen LogP contribution in [0.5, 0.6) is 5.75 Å². The largest absolute Gasteiger partial charge is 0.480 e. The van der Waals surface area contributed by atoms with Crippen LogP contribution in [0.15, 0.2) is 24.3 Å². The van der Waals surface area contributed by atoms with Gasteiger partial charge in [-0.25, -0.2) is 4.79 Å². The topological polar surface area (TPSA) is 105 Å². The number of carboxylic acids is 1. The summed E-state index contributed by atoms with van der Waals surface area (Å²) >= 11 is 0. The highest BCUT2D eigenvalue weighted by Crippen LogP contribution is 2.19. The summed E-state index contributed by atoms with van der Waals surface area (Å²) in [5.41, 5.74) is -0.163. The van der Waals surface area contributed by atoms with E-state index in [0.29, 0.717) is 0 Å². The summed E-state index contributed by atoms with van der Waals surface area (Å²) in [5, 5.41) is 13.5. The molecule has 0 unspecified atom stereocenters. The lowest BCUT2D eigenvalue weighted by atomic mass is 10.1. The van der Waals surface area contributed by atoms with Crippen molar-refractivity contribution < 1.29 is 33.0 Å². The van der Waals surface area contributed by atoms with Crippen LogP contribution in [0, 0.1) is 5.92 Å². The molecule has 1 rings (SSSR count). The monoisotopic (exact) mass is 344 g/mol. The molecule has 24 heavy (non-hydrogen) atoms. The molecule has 132 valence electrons. The Hall–Kier alpha value is -2.71. The van der Waals surface area contributed by atoms with Crippen molar-refractivity contribution in [2.24, 2.45) is 5.92 Å². The van der Waals surface area contributed by atoms with E-state index < -0.39 is 37.0 Å². The van der Waals surface area contributed by atoms with E-state index in [1.165, 1.54) is 24.3 Å². The second kappa shape index (κ2) is 8.80. The number of ether oxygens (including phenoxy) is 1. The van der Waals surface area contributed by atoms with E-state index in [9.17, 15) is 23.2 Å². The Morgan fingerprint density at radius 3 is 2.38 bits per heavy atom. The van der Waals surface area contributed by atoms with Gasteiger partial charge in [-0.15, -0.1) is 0 Å². The normalized spacial score (nSPS) is 11.9. The number of carbonyl (C=O) groups excluding carboxylic acids is 2. The molecule has 0 aromatic heterocycles. The number of aliphatic carboxylic acids is 1. The number of hydrogen-bond donors (Lipinski definition) is 3. The van der Waals surface area contributed by atoms with Crippen molar-refractivity contribution in [3.05, 3.63) is 29.8 Å². The number of halogens is 2. The van der Waals surface area contributed by atoms with Crippen LogP contribution >= 0.6 is 0 Å². The minimum Gasteiger partial charge on any atom is -0.480 e. The average molecular weight is 344 g/mol. The zero-order chi connectivity index (χ0) is 18.3. The van der Waals surface area contributed by atoms with Crippen molar-refractivity contribution in [1.82, 2.24) is 10.6 Å². The summed E-state index contributed by atoms with van der Waals surface area (Å²) < 4.78 is 28.8. The standard InChI is InChI=1S/C15H18F2N2O5/c1-8(2)12(14(22)23)19-11(20)7-18-13(21)9-5-3-4-6-10(9)24-15(16)17/h3-6,8,12,15H,7H2,1-2H3,(H,18,21)(H,19,20)(H,22,23)/t12-/m1/s1. The third-order valence-corrected chi connectivity index (χ3v) is 3.01. The van der Waals surface area contributed by atoms with E-state index in [2.05, 4.69) is 15.4 Å². The first kappa shape index (κ1) is 19.3. The Bertz CT molecular complexity index is 607. The molecule has 1 aromatic rings. The lowest BCUT2D eigenvalue weighted by molar-refractivity contribution is -0.142. The molecule has 0 aliphatic heterocycles. The number of hydrogen-bond acceptors (Lipinski definition) is 4. The fourth-order valence-electron chi connectivity index (χ4n) is 1.85. The van der Waals surface area contributed by atoms with E-state index in [4.69, 9.17) is 5.11 Å². The number of para-hydroxylation sites is 1. The van der Waals surface area contributed by atoms with E-state index in [1.807, 2.05) is 0 Å². The Balaban J connectivity index is 2.66. The van der Waals surface area contributed by atoms with E-state index in [-0.39, 0.29) is 17.2 Å². The van der Waals surface area contributed by atoms with Gasteiger partial charge in [-0.2, -0.15) is 8.78 Å². The highest BCUT2D eigenvalue weighted by Gasteiger charge is 2.23. The van der Waals surface area contributed by atoms with Gasteiger partial charge in [0.25, 0.3) is 5.91 Å². The second-order valence-corrected chi connectivity index (χ2v) is 5.18. The zero-order valence-electron chi connectivity index (χ0n) is 13.1. The van der Waals surface area contributed by atoms with Gasteiger partial charge in [-0.3, -0.25) is 9.59 Å². The smallest absolute Gasteiger partial charge is 0.387 e. The summed E-state index contributed by atoms with van der Waals surface area (Å²) in [5.74, 6) is -3.37. The maximum Gasteiger partial charge on any atom is 0.387 e. The minimum absolute atomic E-state index is 0.163. The molecule has 0 saturated heterocycles. The number of benzene rings is 1. The quantitative estimate of drug-likeness (QED) is 0.658. The molecule has 0 fully saturated rings. The van der Waals surface area contributed by atoms with Gasteiger partial charge in [0.1, 0.15) is 11.8 Å². The molecular weight excluding hydrogens is 326 g/mol. The Morgan fingerprint density at radius 2 is 1.83 bits per heavy atom. The van der Waals surface area contributed by atoms with Crippen LogP contribution in [-0.4, -0.2) is 42.1 Å². The number of alkyl halides is 2. The molecule has 0 spiro atoms. The van der Waals surface area contributed by atoms with Gasteiger partial charge >= 0.3 is 12.6 Å². The van der Waals surface area contributed by atoms with Crippen LogP contribution in [0.25, 0.3) is 0 Å². The molecule has 0 bridgehead atoms. The molecule has 0 heterocycles. The molecule has 0 radical (unpaired) electrons. The van der Waals surface area contributed by atoms with Crippen molar-refractivity contribution in [3.63, 3.8) is 0 Å². The fraction of sp³-hybridized carbons (Fsp3) is 0.400. The van der Waals surface area contributed by atoms with Gasteiger partial charge in [0, 0.05) is 0 Å². The number of carbonyl (C=O) groups is 3. The summed E-state index contributed by atoms with van der Waals surface area (Å²) in [6.45, 7) is -0.353. The van der Waals surface area contributed by atoms with Gasteiger partial charge in [0.05, 0.1) is 12.1 Å².